The zero-order valence-corrected chi connectivity index (χ0v) is 17.1. The third kappa shape index (κ3) is 11.2. The van der Waals surface area contributed by atoms with Gasteiger partial charge in [-0.1, -0.05) is 30.3 Å². The van der Waals surface area contributed by atoms with E-state index in [1.54, 1.807) is 0 Å². The van der Waals surface area contributed by atoms with Crippen molar-refractivity contribution in [2.24, 2.45) is 5.73 Å². The van der Waals surface area contributed by atoms with E-state index in [0.29, 0.717) is 0 Å². The molecule has 0 aliphatic rings. The molecule has 0 aliphatic heterocycles. The molecule has 1 aromatic carbocycles. The largest absolute Gasteiger partial charge is 0.354 e. The summed E-state index contributed by atoms with van der Waals surface area (Å²) in [6.07, 6.45) is 0.0898. The van der Waals surface area contributed by atoms with E-state index in [4.69, 9.17) is 10.5 Å². The summed E-state index contributed by atoms with van der Waals surface area (Å²) in [4.78, 5) is 58.7. The third-order valence-electron chi connectivity index (χ3n) is 4.14. The predicted octanol–water partition coefficient (Wildman–Crippen LogP) is 0.0505. The van der Waals surface area contributed by atoms with Crippen LogP contribution in [0.25, 0.3) is 0 Å². The highest BCUT2D eigenvalue weighted by Gasteiger charge is 2.22. The molecule has 0 unspecified atom stereocenters. The number of ketones is 3. The predicted molar refractivity (Wildman–Crippen MR) is 109 cm³/mol. The van der Waals surface area contributed by atoms with Gasteiger partial charge >= 0.3 is 0 Å². The number of rotatable bonds is 15. The second kappa shape index (κ2) is 14.1. The highest BCUT2D eigenvalue weighted by molar-refractivity contribution is 5.92. The summed E-state index contributed by atoms with van der Waals surface area (Å²) in [5.74, 6) is -1.51. The summed E-state index contributed by atoms with van der Waals surface area (Å²) in [7, 11) is 0. The van der Waals surface area contributed by atoms with E-state index >= 15 is 0 Å². The van der Waals surface area contributed by atoms with Crippen LogP contribution in [0.2, 0.25) is 0 Å². The number of ether oxygens (including phenoxy) is 1. The minimum absolute atomic E-state index is 0.0112. The normalized spacial score (nSPS) is 11.4. The molecule has 0 bridgehead atoms. The lowest BCUT2D eigenvalue weighted by Crippen LogP contribution is -2.43. The van der Waals surface area contributed by atoms with Crippen LogP contribution in [0.1, 0.15) is 38.2 Å². The van der Waals surface area contributed by atoms with E-state index in [1.165, 1.54) is 6.92 Å². The van der Waals surface area contributed by atoms with Gasteiger partial charge in [0, 0.05) is 25.7 Å². The van der Waals surface area contributed by atoms with Gasteiger partial charge in [0.1, 0.15) is 19.1 Å². The maximum Gasteiger partial charge on any atom is 0.222 e. The molecule has 0 aromatic heterocycles. The number of carbonyl (C=O) groups excluding carboxylic acids is 5. The van der Waals surface area contributed by atoms with Gasteiger partial charge in [-0.05, 0) is 18.9 Å². The molecule has 1 atom stereocenters. The quantitative estimate of drug-likeness (QED) is 0.269. The summed E-state index contributed by atoms with van der Waals surface area (Å²) in [6.45, 7) is 1.02. The van der Waals surface area contributed by atoms with E-state index in [-0.39, 0.29) is 69.3 Å². The summed E-state index contributed by atoms with van der Waals surface area (Å²) >= 11 is 0. The number of nitrogens with two attached hydrogens (primary N) is 1. The molecule has 0 aliphatic carbocycles. The first kappa shape index (κ1) is 25.1. The molecule has 1 aromatic rings. The zero-order valence-electron chi connectivity index (χ0n) is 17.1. The van der Waals surface area contributed by atoms with Crippen LogP contribution in [0.15, 0.2) is 30.3 Å². The number of nitrogens with one attached hydrogen (secondary N) is 2. The van der Waals surface area contributed by atoms with Crippen molar-refractivity contribution in [1.29, 1.82) is 0 Å². The van der Waals surface area contributed by atoms with Crippen molar-refractivity contribution in [2.75, 3.05) is 19.9 Å². The molecule has 0 spiro atoms. The van der Waals surface area contributed by atoms with Gasteiger partial charge < -0.3 is 21.1 Å². The fourth-order valence-electron chi connectivity index (χ4n) is 2.54. The molecular weight excluding hydrogens is 390 g/mol. The molecule has 164 valence electrons. The van der Waals surface area contributed by atoms with Gasteiger partial charge in [0.2, 0.25) is 11.8 Å². The van der Waals surface area contributed by atoms with Gasteiger partial charge in [0.25, 0.3) is 0 Å². The number of Topliss-reactive ketones (excluding diaryl/α,β-unsaturated/α-hetero) is 3. The van der Waals surface area contributed by atoms with Gasteiger partial charge in [-0.3, -0.25) is 24.0 Å². The van der Waals surface area contributed by atoms with Gasteiger partial charge in [0.15, 0.2) is 11.6 Å². The summed E-state index contributed by atoms with van der Waals surface area (Å²) < 4.78 is 4.95. The third-order valence-corrected chi connectivity index (χ3v) is 4.14. The van der Waals surface area contributed by atoms with Crippen LogP contribution in [-0.4, -0.2) is 55.1 Å². The maximum absolute atomic E-state index is 12.6. The Labute approximate surface area is 175 Å². The van der Waals surface area contributed by atoms with E-state index in [2.05, 4.69) is 10.6 Å². The van der Waals surface area contributed by atoms with Crippen LogP contribution in [0.4, 0.5) is 0 Å². The second-order valence-electron chi connectivity index (χ2n) is 6.81. The van der Waals surface area contributed by atoms with Gasteiger partial charge in [-0.25, -0.2) is 0 Å². The van der Waals surface area contributed by atoms with E-state index < -0.39 is 17.9 Å². The Balaban J connectivity index is 2.58. The van der Waals surface area contributed by atoms with E-state index in [0.717, 1.165) is 5.56 Å². The summed E-state index contributed by atoms with van der Waals surface area (Å²) in [5.41, 5.74) is 6.09. The van der Waals surface area contributed by atoms with Crippen molar-refractivity contribution in [2.45, 2.75) is 45.1 Å². The molecule has 9 nitrogen and oxygen atoms in total. The van der Waals surface area contributed by atoms with Gasteiger partial charge in [-0.2, -0.15) is 0 Å². The topological polar surface area (TPSA) is 145 Å². The van der Waals surface area contributed by atoms with Crippen molar-refractivity contribution in [1.82, 2.24) is 10.6 Å². The average molecular weight is 419 g/mol. The first-order chi connectivity index (χ1) is 14.3. The molecule has 0 radical (unpaired) electrons. The lowest BCUT2D eigenvalue weighted by molar-refractivity contribution is -0.130. The monoisotopic (exact) mass is 419 g/mol. The molecule has 2 amide bonds. The van der Waals surface area contributed by atoms with Crippen LogP contribution in [-0.2, 0) is 35.1 Å². The van der Waals surface area contributed by atoms with Gasteiger partial charge in [0.05, 0.1) is 12.6 Å². The number of benzene rings is 1. The Bertz CT molecular complexity index is 736. The van der Waals surface area contributed by atoms with Crippen molar-refractivity contribution < 1.29 is 28.7 Å². The first-order valence-corrected chi connectivity index (χ1v) is 9.73. The fourth-order valence-corrected chi connectivity index (χ4v) is 2.54. The highest BCUT2D eigenvalue weighted by atomic mass is 16.5. The number of hydrogen-bond acceptors (Lipinski definition) is 7. The minimum atomic E-state index is -0.811. The van der Waals surface area contributed by atoms with Crippen molar-refractivity contribution in [3.8, 4) is 0 Å². The first-order valence-electron chi connectivity index (χ1n) is 9.73. The molecule has 0 saturated heterocycles. The average Bonchev–Trinajstić information content (AvgIpc) is 2.73. The standard InChI is InChI=1S/C21H29N3O6/c1-15(25)13-30-14-23-20(28)10-8-19(27)18(11-16-5-3-2-4-6-16)24-21(29)9-7-17(26)12-22/h2-6,18H,7-14,22H2,1H3,(H,23,28)(H,24,29)/t18-/m0/s1. The van der Waals surface area contributed by atoms with E-state index in [9.17, 15) is 24.0 Å². The van der Waals surface area contributed by atoms with Crippen LogP contribution in [0, 0.1) is 0 Å². The number of hydrogen-bond donors (Lipinski definition) is 3. The Kier molecular flexibility index (Phi) is 11.8. The lowest BCUT2D eigenvalue weighted by Gasteiger charge is -2.18. The molecule has 9 heteroatoms. The van der Waals surface area contributed by atoms with E-state index in [1.807, 2.05) is 30.3 Å². The van der Waals surface area contributed by atoms with Crippen molar-refractivity contribution in [3.63, 3.8) is 0 Å². The molecule has 1 rings (SSSR count). The Morgan fingerprint density at radius 1 is 0.967 bits per heavy atom. The number of amides is 2. The number of carbonyl (C=O) groups is 5. The Hall–Kier alpha value is -2.91. The Morgan fingerprint density at radius 3 is 2.27 bits per heavy atom. The smallest absolute Gasteiger partial charge is 0.222 e. The molecule has 4 N–H and O–H groups in total. The van der Waals surface area contributed by atoms with Crippen molar-refractivity contribution >= 4 is 29.2 Å². The highest BCUT2D eigenvalue weighted by Crippen LogP contribution is 2.08. The minimum Gasteiger partial charge on any atom is -0.354 e. The molecule has 0 saturated carbocycles. The molecular formula is C21H29N3O6. The SMILES string of the molecule is CC(=O)COCNC(=O)CCC(=O)[C@H](Cc1ccccc1)NC(=O)CCC(=O)CN. The second-order valence-corrected chi connectivity index (χ2v) is 6.81. The maximum atomic E-state index is 12.6. The fraction of sp³-hybridized carbons (Fsp3) is 0.476. The van der Waals surface area contributed by atoms with Crippen LogP contribution in [0.5, 0.6) is 0 Å². The summed E-state index contributed by atoms with van der Waals surface area (Å²) in [5, 5.41) is 5.12. The molecule has 0 fully saturated rings. The molecule has 30 heavy (non-hydrogen) atoms. The lowest BCUT2D eigenvalue weighted by atomic mass is 9.99. The van der Waals surface area contributed by atoms with Crippen molar-refractivity contribution in [3.05, 3.63) is 35.9 Å². The van der Waals surface area contributed by atoms with Crippen LogP contribution < -0.4 is 16.4 Å². The Morgan fingerprint density at radius 2 is 1.63 bits per heavy atom. The molecule has 0 heterocycles. The van der Waals surface area contributed by atoms with Crippen LogP contribution in [0.3, 0.4) is 0 Å². The summed E-state index contributed by atoms with van der Waals surface area (Å²) in [6, 6.07) is 8.36. The van der Waals surface area contributed by atoms with Gasteiger partial charge in [-0.15, -0.1) is 0 Å². The zero-order chi connectivity index (χ0) is 22.4. The van der Waals surface area contributed by atoms with Crippen LogP contribution >= 0.6 is 0 Å².